The van der Waals surface area contributed by atoms with Gasteiger partial charge < -0.3 is 14.2 Å². The molecule has 0 saturated carbocycles. The molecule has 0 aliphatic rings. The summed E-state index contributed by atoms with van der Waals surface area (Å²) in [6, 6.07) is 0. The second-order valence-corrected chi connectivity index (χ2v) is 17.2. The van der Waals surface area contributed by atoms with Crippen molar-refractivity contribution in [3.63, 3.8) is 0 Å². The van der Waals surface area contributed by atoms with Crippen molar-refractivity contribution in [3.05, 3.63) is 97.2 Å². The molecule has 0 N–H and O–H groups in total. The second kappa shape index (κ2) is 52.0. The van der Waals surface area contributed by atoms with Crippen LogP contribution in [0, 0.1) is 0 Å². The van der Waals surface area contributed by atoms with Crippen molar-refractivity contribution in [2.45, 2.75) is 239 Å². The molecule has 0 heterocycles. The van der Waals surface area contributed by atoms with E-state index in [-0.39, 0.29) is 31.1 Å². The Bertz CT molecular complexity index is 1300. The second-order valence-electron chi connectivity index (χ2n) is 17.2. The van der Waals surface area contributed by atoms with Crippen LogP contribution in [0.25, 0.3) is 0 Å². The van der Waals surface area contributed by atoms with Crippen molar-refractivity contribution in [2.24, 2.45) is 0 Å². The Balaban J connectivity index is 4.46. The lowest BCUT2D eigenvalue weighted by Gasteiger charge is -2.18. The van der Waals surface area contributed by atoms with Crippen LogP contribution in [0.2, 0.25) is 0 Å². The number of unbranched alkanes of at least 4 members (excludes halogenated alkanes) is 24. The summed E-state index contributed by atoms with van der Waals surface area (Å²) in [5, 5.41) is 0. The zero-order valence-corrected chi connectivity index (χ0v) is 41.5. The molecule has 0 amide bonds. The molecule has 1 unspecified atom stereocenters. The van der Waals surface area contributed by atoms with Gasteiger partial charge in [-0.05, 0) is 83.5 Å². The van der Waals surface area contributed by atoms with E-state index in [1.54, 1.807) is 0 Å². The molecule has 64 heavy (non-hydrogen) atoms. The Morgan fingerprint density at radius 1 is 0.312 bits per heavy atom. The van der Waals surface area contributed by atoms with Gasteiger partial charge in [0, 0.05) is 19.3 Å². The number of hydrogen-bond acceptors (Lipinski definition) is 6. The highest BCUT2D eigenvalue weighted by molar-refractivity contribution is 5.71. The summed E-state index contributed by atoms with van der Waals surface area (Å²) in [5.74, 6) is -0.960. The summed E-state index contributed by atoms with van der Waals surface area (Å²) in [5.41, 5.74) is 0. The van der Waals surface area contributed by atoms with E-state index in [2.05, 4.69) is 93.7 Å². The molecule has 0 aromatic heterocycles. The average Bonchev–Trinajstić information content (AvgIpc) is 3.29. The fourth-order valence-corrected chi connectivity index (χ4v) is 6.91. The number of allylic oxidation sites excluding steroid dienone is 16. The van der Waals surface area contributed by atoms with E-state index < -0.39 is 6.10 Å². The van der Waals surface area contributed by atoms with Crippen LogP contribution in [-0.2, 0) is 28.6 Å². The van der Waals surface area contributed by atoms with Gasteiger partial charge in [-0.15, -0.1) is 0 Å². The summed E-state index contributed by atoms with van der Waals surface area (Å²) in [7, 11) is 0. The van der Waals surface area contributed by atoms with Crippen LogP contribution < -0.4 is 0 Å². The topological polar surface area (TPSA) is 78.9 Å². The lowest BCUT2D eigenvalue weighted by atomic mass is 10.1. The molecule has 0 fully saturated rings. The maximum atomic E-state index is 12.8. The number of carbonyl (C=O) groups is 3. The summed E-state index contributed by atoms with van der Waals surface area (Å²) >= 11 is 0. The van der Waals surface area contributed by atoms with Gasteiger partial charge in [-0.1, -0.05) is 227 Å². The molecule has 6 heteroatoms. The highest BCUT2D eigenvalue weighted by atomic mass is 16.6. The first kappa shape index (κ1) is 60.3. The van der Waals surface area contributed by atoms with Gasteiger partial charge in [0.25, 0.3) is 0 Å². The number of hydrogen-bond donors (Lipinski definition) is 0. The minimum absolute atomic E-state index is 0.102. The van der Waals surface area contributed by atoms with Gasteiger partial charge in [0.2, 0.25) is 0 Å². The molecule has 0 aliphatic heterocycles. The highest BCUT2D eigenvalue weighted by Gasteiger charge is 2.19. The molecule has 364 valence electrons. The van der Waals surface area contributed by atoms with Crippen LogP contribution >= 0.6 is 0 Å². The van der Waals surface area contributed by atoms with Crippen molar-refractivity contribution in [1.82, 2.24) is 0 Å². The molecular weight excluding hydrogens is 793 g/mol. The maximum absolute atomic E-state index is 12.8. The molecule has 1 atom stereocenters. The largest absolute Gasteiger partial charge is 0.462 e. The van der Waals surface area contributed by atoms with Gasteiger partial charge in [-0.25, -0.2) is 0 Å². The first-order valence-corrected chi connectivity index (χ1v) is 26.3. The Morgan fingerprint density at radius 3 is 1.06 bits per heavy atom. The van der Waals surface area contributed by atoms with E-state index in [0.717, 1.165) is 96.3 Å². The smallest absolute Gasteiger partial charge is 0.306 e. The van der Waals surface area contributed by atoms with Crippen molar-refractivity contribution in [2.75, 3.05) is 13.2 Å². The number of esters is 3. The molecule has 0 saturated heterocycles. The van der Waals surface area contributed by atoms with Gasteiger partial charge in [-0.3, -0.25) is 14.4 Å². The number of ether oxygens (including phenoxy) is 3. The molecule has 0 spiro atoms. The third-order valence-corrected chi connectivity index (χ3v) is 10.9. The summed E-state index contributed by atoms with van der Waals surface area (Å²) in [6.45, 7) is 6.44. The lowest BCUT2D eigenvalue weighted by Crippen LogP contribution is -2.30. The first-order chi connectivity index (χ1) is 31.5. The Morgan fingerprint density at radius 2 is 0.625 bits per heavy atom. The lowest BCUT2D eigenvalue weighted by molar-refractivity contribution is -0.167. The number of rotatable bonds is 46. The molecule has 0 bridgehead atoms. The van der Waals surface area contributed by atoms with Crippen molar-refractivity contribution in [3.8, 4) is 0 Å². The van der Waals surface area contributed by atoms with Crippen LogP contribution in [0.1, 0.15) is 233 Å². The molecule has 0 aromatic carbocycles. The fraction of sp³-hybridized carbons (Fsp3) is 0.672. The molecule has 0 aliphatic carbocycles. The standard InChI is InChI=1S/C58H96O6/c1-4-7-10-13-16-19-22-24-26-28-30-31-33-36-39-42-45-48-51-57(60)63-54-55(53-62-56(59)50-47-44-41-38-35-21-18-15-12-9-6-3)64-58(61)52-49-46-43-40-37-34-32-29-27-25-23-20-17-14-11-8-5-2/h10,13,15-16,18-19,21-22,24-28,30-31,35,55H,4-9,11-12,14,17,20,23,29,32-34,36-54H2,1-3H3/b13-10-,18-15-,19-16-,24-22-,27-25-,28-26-,31-30-,35-21-. The quantitative estimate of drug-likeness (QED) is 0.0199. The van der Waals surface area contributed by atoms with Crippen molar-refractivity contribution < 1.29 is 28.6 Å². The Labute approximate surface area is 394 Å². The molecule has 0 radical (unpaired) electrons. The van der Waals surface area contributed by atoms with Crippen LogP contribution in [0.15, 0.2) is 97.2 Å². The Hall–Kier alpha value is -3.67. The minimum atomic E-state index is -0.802. The summed E-state index contributed by atoms with van der Waals surface area (Å²) in [4.78, 5) is 38.0. The van der Waals surface area contributed by atoms with Gasteiger partial charge >= 0.3 is 17.9 Å². The van der Waals surface area contributed by atoms with E-state index in [0.29, 0.717) is 19.3 Å². The SMILES string of the molecule is CCC\C=C/C=C\C=C/C=C\C=C/CCCCCCCC(=O)OCC(COC(=O)CCCCC/C=C\C=C/CCCC)OC(=O)CCCCCCCCC/C=C\CCCCCCCC. The van der Waals surface area contributed by atoms with Gasteiger partial charge in [0.05, 0.1) is 0 Å². The van der Waals surface area contributed by atoms with Gasteiger partial charge in [-0.2, -0.15) is 0 Å². The van der Waals surface area contributed by atoms with E-state index in [1.165, 1.54) is 96.3 Å². The third kappa shape index (κ3) is 49.3. The zero-order chi connectivity index (χ0) is 46.5. The van der Waals surface area contributed by atoms with E-state index in [1.807, 2.05) is 24.3 Å². The molecule has 0 rings (SSSR count). The molecule has 0 aromatic rings. The molecular formula is C58H96O6. The van der Waals surface area contributed by atoms with Crippen LogP contribution in [0.5, 0.6) is 0 Å². The maximum Gasteiger partial charge on any atom is 0.306 e. The average molecular weight is 889 g/mol. The van der Waals surface area contributed by atoms with Crippen molar-refractivity contribution in [1.29, 1.82) is 0 Å². The van der Waals surface area contributed by atoms with Gasteiger partial charge in [0.15, 0.2) is 6.10 Å². The van der Waals surface area contributed by atoms with Crippen LogP contribution in [0.3, 0.4) is 0 Å². The van der Waals surface area contributed by atoms with E-state index in [9.17, 15) is 14.4 Å². The predicted molar refractivity (Wildman–Crippen MR) is 274 cm³/mol. The summed E-state index contributed by atoms with van der Waals surface area (Å²) < 4.78 is 16.8. The van der Waals surface area contributed by atoms with Crippen LogP contribution in [-0.4, -0.2) is 37.2 Å². The van der Waals surface area contributed by atoms with Crippen LogP contribution in [0.4, 0.5) is 0 Å². The summed E-state index contributed by atoms with van der Waals surface area (Å²) in [6.07, 6.45) is 68.1. The fourth-order valence-electron chi connectivity index (χ4n) is 6.91. The van der Waals surface area contributed by atoms with Crippen molar-refractivity contribution >= 4 is 17.9 Å². The molecule has 6 nitrogen and oxygen atoms in total. The number of carbonyl (C=O) groups excluding carboxylic acids is 3. The predicted octanol–water partition coefficient (Wildman–Crippen LogP) is 17.4. The first-order valence-electron chi connectivity index (χ1n) is 26.3. The Kier molecular flexibility index (Phi) is 49.0. The minimum Gasteiger partial charge on any atom is -0.462 e. The van der Waals surface area contributed by atoms with E-state index in [4.69, 9.17) is 14.2 Å². The van der Waals surface area contributed by atoms with E-state index >= 15 is 0 Å². The third-order valence-electron chi connectivity index (χ3n) is 10.9. The zero-order valence-electron chi connectivity index (χ0n) is 41.5. The normalized spacial score (nSPS) is 12.9. The highest BCUT2D eigenvalue weighted by Crippen LogP contribution is 2.14. The monoisotopic (exact) mass is 889 g/mol. The van der Waals surface area contributed by atoms with Gasteiger partial charge in [0.1, 0.15) is 13.2 Å².